The van der Waals surface area contributed by atoms with Gasteiger partial charge in [-0.15, -0.1) is 0 Å². The third-order valence-electron chi connectivity index (χ3n) is 3.25. The number of rotatable bonds is 3. The van der Waals surface area contributed by atoms with Crippen molar-refractivity contribution in [1.29, 1.82) is 0 Å². The third-order valence-corrected chi connectivity index (χ3v) is 3.25. The first-order chi connectivity index (χ1) is 8.20. The SMILES string of the molecule is CN(C)c1cc(N2CCC(CF)CC2)ncn1. The van der Waals surface area contributed by atoms with Crippen molar-refractivity contribution in [1.82, 2.24) is 9.97 Å². The van der Waals surface area contributed by atoms with Gasteiger partial charge >= 0.3 is 0 Å². The van der Waals surface area contributed by atoms with Crippen LogP contribution in [0.2, 0.25) is 0 Å². The van der Waals surface area contributed by atoms with Crippen molar-refractivity contribution in [3.05, 3.63) is 12.4 Å². The predicted octanol–water partition coefficient (Wildman–Crippen LogP) is 1.73. The Balaban J connectivity index is 2.05. The fourth-order valence-electron chi connectivity index (χ4n) is 2.07. The molecule has 1 aliphatic heterocycles. The maximum Gasteiger partial charge on any atom is 0.134 e. The third kappa shape index (κ3) is 2.84. The van der Waals surface area contributed by atoms with Gasteiger partial charge < -0.3 is 9.80 Å². The van der Waals surface area contributed by atoms with Gasteiger partial charge in [-0.2, -0.15) is 0 Å². The molecule has 5 heteroatoms. The van der Waals surface area contributed by atoms with Crippen LogP contribution in [0.3, 0.4) is 0 Å². The smallest absolute Gasteiger partial charge is 0.134 e. The van der Waals surface area contributed by atoms with Gasteiger partial charge in [0.15, 0.2) is 0 Å². The molecular formula is C12H19FN4. The van der Waals surface area contributed by atoms with E-state index in [9.17, 15) is 4.39 Å². The van der Waals surface area contributed by atoms with E-state index in [-0.39, 0.29) is 12.6 Å². The van der Waals surface area contributed by atoms with Crippen LogP contribution in [0.15, 0.2) is 12.4 Å². The number of alkyl halides is 1. The Morgan fingerprint density at radius 2 is 2.06 bits per heavy atom. The fourth-order valence-corrected chi connectivity index (χ4v) is 2.07. The molecule has 0 radical (unpaired) electrons. The first kappa shape index (κ1) is 12.1. The van der Waals surface area contributed by atoms with Gasteiger partial charge in [0.05, 0.1) is 6.67 Å². The molecule has 0 saturated carbocycles. The average Bonchev–Trinajstić information content (AvgIpc) is 2.39. The molecule has 0 N–H and O–H groups in total. The average molecular weight is 238 g/mol. The zero-order chi connectivity index (χ0) is 12.3. The normalized spacial score (nSPS) is 17.2. The first-order valence-electron chi connectivity index (χ1n) is 6.01. The number of halogens is 1. The second-order valence-corrected chi connectivity index (χ2v) is 4.71. The minimum Gasteiger partial charge on any atom is -0.363 e. The van der Waals surface area contributed by atoms with Crippen molar-refractivity contribution in [3.63, 3.8) is 0 Å². The molecule has 1 aliphatic rings. The van der Waals surface area contributed by atoms with Gasteiger partial charge in [-0.05, 0) is 18.8 Å². The molecular weight excluding hydrogens is 219 g/mol. The van der Waals surface area contributed by atoms with Crippen LogP contribution in [0.25, 0.3) is 0 Å². The summed E-state index contributed by atoms with van der Waals surface area (Å²) in [5, 5.41) is 0. The van der Waals surface area contributed by atoms with E-state index < -0.39 is 0 Å². The molecule has 0 atom stereocenters. The molecule has 0 bridgehead atoms. The maximum absolute atomic E-state index is 12.5. The zero-order valence-corrected chi connectivity index (χ0v) is 10.4. The largest absolute Gasteiger partial charge is 0.363 e. The number of piperidine rings is 1. The summed E-state index contributed by atoms with van der Waals surface area (Å²) in [5.41, 5.74) is 0. The van der Waals surface area contributed by atoms with E-state index in [2.05, 4.69) is 14.9 Å². The molecule has 1 aromatic rings. The van der Waals surface area contributed by atoms with E-state index in [1.807, 2.05) is 25.1 Å². The summed E-state index contributed by atoms with van der Waals surface area (Å²) < 4.78 is 12.5. The molecule has 1 saturated heterocycles. The zero-order valence-electron chi connectivity index (χ0n) is 10.4. The summed E-state index contributed by atoms with van der Waals surface area (Å²) in [6.07, 6.45) is 3.42. The Bertz CT molecular complexity index is 361. The molecule has 0 spiro atoms. The lowest BCUT2D eigenvalue weighted by Crippen LogP contribution is -2.35. The number of nitrogens with zero attached hydrogens (tertiary/aromatic N) is 4. The second kappa shape index (κ2) is 5.29. The van der Waals surface area contributed by atoms with E-state index in [1.165, 1.54) is 0 Å². The molecule has 0 amide bonds. The molecule has 0 unspecified atom stereocenters. The van der Waals surface area contributed by atoms with Crippen molar-refractivity contribution < 1.29 is 4.39 Å². The predicted molar refractivity (Wildman–Crippen MR) is 67.3 cm³/mol. The Morgan fingerprint density at radius 1 is 1.35 bits per heavy atom. The topological polar surface area (TPSA) is 32.3 Å². The van der Waals surface area contributed by atoms with Crippen LogP contribution in [0.1, 0.15) is 12.8 Å². The van der Waals surface area contributed by atoms with Gasteiger partial charge in [-0.3, -0.25) is 4.39 Å². The van der Waals surface area contributed by atoms with Crippen LogP contribution >= 0.6 is 0 Å². The van der Waals surface area contributed by atoms with Gasteiger partial charge in [-0.25, -0.2) is 9.97 Å². The van der Waals surface area contributed by atoms with Crippen LogP contribution < -0.4 is 9.80 Å². The molecule has 0 aromatic carbocycles. The number of hydrogen-bond acceptors (Lipinski definition) is 4. The van der Waals surface area contributed by atoms with E-state index in [0.29, 0.717) is 0 Å². The summed E-state index contributed by atoms with van der Waals surface area (Å²) in [7, 11) is 3.92. The minimum absolute atomic E-state index is 0.194. The lowest BCUT2D eigenvalue weighted by atomic mass is 9.98. The maximum atomic E-state index is 12.5. The number of hydrogen-bond donors (Lipinski definition) is 0. The van der Waals surface area contributed by atoms with Gasteiger partial charge in [0.2, 0.25) is 0 Å². The Hall–Kier alpha value is -1.39. The van der Waals surface area contributed by atoms with Crippen molar-refractivity contribution >= 4 is 11.6 Å². The molecule has 1 aromatic heterocycles. The summed E-state index contributed by atoms with van der Waals surface area (Å²) >= 11 is 0. The Labute approximate surface area is 101 Å². The van der Waals surface area contributed by atoms with Crippen LogP contribution in [-0.4, -0.2) is 43.8 Å². The highest BCUT2D eigenvalue weighted by atomic mass is 19.1. The second-order valence-electron chi connectivity index (χ2n) is 4.71. The van der Waals surface area contributed by atoms with E-state index in [1.54, 1.807) is 6.33 Å². The van der Waals surface area contributed by atoms with Crippen molar-refractivity contribution in [3.8, 4) is 0 Å². The van der Waals surface area contributed by atoms with Gasteiger partial charge in [0, 0.05) is 33.3 Å². The molecule has 2 heterocycles. The molecule has 94 valence electrons. The first-order valence-corrected chi connectivity index (χ1v) is 6.01. The van der Waals surface area contributed by atoms with Crippen molar-refractivity contribution in [2.75, 3.05) is 43.7 Å². The number of aromatic nitrogens is 2. The molecule has 1 fully saturated rings. The van der Waals surface area contributed by atoms with Crippen molar-refractivity contribution in [2.24, 2.45) is 5.92 Å². The Morgan fingerprint density at radius 3 is 2.65 bits per heavy atom. The van der Waals surface area contributed by atoms with Gasteiger partial charge in [0.1, 0.15) is 18.0 Å². The van der Waals surface area contributed by atoms with E-state index in [4.69, 9.17) is 0 Å². The van der Waals surface area contributed by atoms with Crippen LogP contribution in [-0.2, 0) is 0 Å². The summed E-state index contributed by atoms with van der Waals surface area (Å²) in [5.74, 6) is 2.09. The fraction of sp³-hybridized carbons (Fsp3) is 0.667. The number of anilines is 2. The highest BCUT2D eigenvalue weighted by molar-refractivity contribution is 5.49. The molecule has 4 nitrogen and oxygen atoms in total. The highest BCUT2D eigenvalue weighted by Crippen LogP contribution is 2.23. The summed E-state index contributed by atoms with van der Waals surface area (Å²) in [4.78, 5) is 12.7. The lowest BCUT2D eigenvalue weighted by molar-refractivity contribution is 0.307. The van der Waals surface area contributed by atoms with Crippen LogP contribution in [0.5, 0.6) is 0 Å². The van der Waals surface area contributed by atoms with Gasteiger partial charge in [-0.1, -0.05) is 0 Å². The minimum atomic E-state index is -0.194. The molecule has 2 rings (SSSR count). The van der Waals surface area contributed by atoms with Crippen molar-refractivity contribution in [2.45, 2.75) is 12.8 Å². The standard InChI is InChI=1S/C12H19FN4/c1-16(2)11-7-12(15-9-14-11)17-5-3-10(8-13)4-6-17/h7,9-10H,3-6,8H2,1-2H3. The molecule has 0 aliphatic carbocycles. The van der Waals surface area contributed by atoms with Crippen LogP contribution in [0, 0.1) is 5.92 Å². The van der Waals surface area contributed by atoms with Crippen LogP contribution in [0.4, 0.5) is 16.0 Å². The highest BCUT2D eigenvalue weighted by Gasteiger charge is 2.20. The monoisotopic (exact) mass is 238 g/mol. The summed E-state index contributed by atoms with van der Waals surface area (Å²) in [6, 6.07) is 1.98. The summed E-state index contributed by atoms with van der Waals surface area (Å²) in [6.45, 7) is 1.58. The van der Waals surface area contributed by atoms with Gasteiger partial charge in [0.25, 0.3) is 0 Å². The van der Waals surface area contributed by atoms with E-state index in [0.717, 1.165) is 37.6 Å². The Kier molecular flexibility index (Phi) is 3.76. The lowest BCUT2D eigenvalue weighted by Gasteiger charge is -2.31. The van der Waals surface area contributed by atoms with E-state index >= 15 is 0 Å². The quantitative estimate of drug-likeness (QED) is 0.802. The molecule has 17 heavy (non-hydrogen) atoms.